The summed E-state index contributed by atoms with van der Waals surface area (Å²) in [5.74, 6) is -0.315. The Morgan fingerprint density at radius 2 is 0.863 bits per heavy atom. The fourth-order valence-electron chi connectivity index (χ4n) is 9.29. The fraction of sp³-hybridized carbons (Fsp3) is 0.721. The summed E-state index contributed by atoms with van der Waals surface area (Å²) in [6, 6.07) is -0.996. The molecule has 0 aromatic carbocycles. The van der Waals surface area contributed by atoms with Crippen molar-refractivity contribution < 1.29 is 89.4 Å². The van der Waals surface area contributed by atoms with Crippen molar-refractivity contribution >= 4 is 5.91 Å². The highest BCUT2D eigenvalue weighted by molar-refractivity contribution is 5.76. The van der Waals surface area contributed by atoms with E-state index in [0.29, 0.717) is 6.42 Å². The summed E-state index contributed by atoms with van der Waals surface area (Å²) in [6.45, 7) is 1.51. The Morgan fingerprint density at radius 3 is 1.35 bits per heavy atom. The van der Waals surface area contributed by atoms with Gasteiger partial charge in [0.25, 0.3) is 0 Å². The number of nitrogens with one attached hydrogen (secondary N) is 1. The summed E-state index contributed by atoms with van der Waals surface area (Å²) in [6.07, 6.45) is 26.9. The molecule has 0 saturated carbocycles. The van der Waals surface area contributed by atoms with Crippen LogP contribution in [0.25, 0.3) is 0 Å². The normalized spacial score (nSPS) is 30.7. The lowest BCUT2D eigenvalue weighted by molar-refractivity contribution is -0.379. The molecule has 3 rings (SSSR count). The quantitative estimate of drug-likeness (QED) is 0.0284. The van der Waals surface area contributed by atoms with Crippen LogP contribution in [0, 0.1) is 0 Å². The van der Waals surface area contributed by atoms with Gasteiger partial charge in [-0.2, -0.15) is 0 Å². The lowest BCUT2D eigenvalue weighted by Gasteiger charge is -2.48. The molecule has 12 N–H and O–H groups in total. The minimum atomic E-state index is -1.98. The molecule has 0 radical (unpaired) electrons. The number of aliphatic hydroxyl groups is 11. The summed E-state index contributed by atoms with van der Waals surface area (Å²) in [5, 5.41) is 120. The highest BCUT2D eigenvalue weighted by Crippen LogP contribution is 2.33. The number of hydrogen-bond acceptors (Lipinski definition) is 18. The van der Waals surface area contributed by atoms with Gasteiger partial charge in [-0.05, 0) is 77.0 Å². The first-order valence-corrected chi connectivity index (χ1v) is 29.5. The SMILES string of the molecule is CC/C=C\C/C=C\C/C=C\C/C=C\C/C=C\C/C=C\C/C=C\CCCCCC(=O)NC(COC1OC(CO)C(OC2OC(CO)C(OC3OC(CO)C(O)C(O)C3O)C(O)C2O)C(O)C1O)C(O)/C=C/CCCCCCCCCC. The van der Waals surface area contributed by atoms with Crippen LogP contribution in [0.3, 0.4) is 0 Å². The van der Waals surface area contributed by atoms with E-state index in [-0.39, 0.29) is 18.9 Å². The zero-order valence-corrected chi connectivity index (χ0v) is 47.5. The number of aliphatic hydroxyl groups excluding tert-OH is 11. The van der Waals surface area contributed by atoms with E-state index in [1.807, 2.05) is 6.08 Å². The molecule has 0 aromatic heterocycles. The minimum Gasteiger partial charge on any atom is -0.394 e. The van der Waals surface area contributed by atoms with Crippen LogP contribution >= 0.6 is 0 Å². The Labute approximate surface area is 475 Å². The largest absolute Gasteiger partial charge is 0.394 e. The topological polar surface area (TPSA) is 307 Å². The third-order valence-electron chi connectivity index (χ3n) is 14.1. The Morgan fingerprint density at radius 1 is 0.463 bits per heavy atom. The van der Waals surface area contributed by atoms with Crippen molar-refractivity contribution in [2.24, 2.45) is 0 Å². The van der Waals surface area contributed by atoms with Gasteiger partial charge in [0, 0.05) is 6.42 Å². The van der Waals surface area contributed by atoms with Crippen molar-refractivity contribution in [2.75, 3.05) is 26.4 Å². The molecule has 3 heterocycles. The third-order valence-corrected chi connectivity index (χ3v) is 14.1. The maximum Gasteiger partial charge on any atom is 0.220 e. The van der Waals surface area contributed by atoms with Gasteiger partial charge in [0.05, 0.1) is 38.6 Å². The van der Waals surface area contributed by atoms with Gasteiger partial charge < -0.3 is 89.9 Å². The molecule has 3 saturated heterocycles. The van der Waals surface area contributed by atoms with E-state index in [9.17, 15) is 61.0 Å². The second kappa shape index (κ2) is 43.4. The summed E-state index contributed by atoms with van der Waals surface area (Å²) >= 11 is 0. The first-order valence-electron chi connectivity index (χ1n) is 29.5. The van der Waals surface area contributed by atoms with Crippen molar-refractivity contribution in [3.05, 3.63) is 97.2 Å². The molecule has 458 valence electrons. The average molecular weight is 1140 g/mol. The van der Waals surface area contributed by atoms with Crippen LogP contribution in [-0.2, 0) is 33.2 Å². The van der Waals surface area contributed by atoms with Crippen molar-refractivity contribution in [2.45, 2.75) is 253 Å². The standard InChI is InChI=1S/C61H101NO18/c1-3-5-7-9-11-13-15-16-17-18-19-20-21-22-23-24-25-26-27-28-29-31-33-35-37-39-49(67)62-44(45(66)38-36-34-32-30-14-12-10-8-6-4-2)43-75-59-55(73)52(70)57(47(41-64)77-59)80-61-56(74)53(71)58(48(42-65)78-61)79-60-54(72)51(69)50(68)46(40-63)76-60/h5,7,11,13,16-17,19-20,22-23,25-26,28-29,36,38,44-48,50-61,63-66,68-74H,3-4,6,8-10,12,14-15,18,21,24,27,30-35,37,39-43H2,1-2H3,(H,62,67)/b7-5-,13-11-,17-16-,20-19-,23-22-,26-25-,29-28-,38-36+. The monoisotopic (exact) mass is 1140 g/mol. The molecule has 0 aliphatic carbocycles. The van der Waals surface area contributed by atoms with Crippen LogP contribution in [0.1, 0.15) is 149 Å². The van der Waals surface area contributed by atoms with Gasteiger partial charge in [-0.15, -0.1) is 0 Å². The van der Waals surface area contributed by atoms with Crippen molar-refractivity contribution in [3.8, 4) is 0 Å². The molecule has 1 amide bonds. The number of allylic oxidation sites excluding steroid dienone is 15. The molecule has 3 aliphatic rings. The molecule has 17 unspecified atom stereocenters. The number of hydrogen-bond donors (Lipinski definition) is 12. The number of unbranched alkanes of at least 4 members (excludes halogenated alkanes) is 11. The predicted octanol–water partition coefficient (Wildman–Crippen LogP) is 4.98. The summed E-state index contributed by atoms with van der Waals surface area (Å²) in [4.78, 5) is 13.3. The van der Waals surface area contributed by atoms with E-state index in [4.69, 9.17) is 28.4 Å². The van der Waals surface area contributed by atoms with E-state index in [2.05, 4.69) is 104 Å². The Kier molecular flexibility index (Phi) is 38.5. The maximum absolute atomic E-state index is 13.3. The summed E-state index contributed by atoms with van der Waals surface area (Å²) in [5.41, 5.74) is 0. The van der Waals surface area contributed by atoms with Crippen molar-refractivity contribution in [3.63, 3.8) is 0 Å². The summed E-state index contributed by atoms with van der Waals surface area (Å²) < 4.78 is 34.1. The molecular formula is C61H101NO18. The number of carbonyl (C=O) groups is 1. The van der Waals surface area contributed by atoms with E-state index in [1.54, 1.807) is 6.08 Å². The molecule has 80 heavy (non-hydrogen) atoms. The number of carbonyl (C=O) groups excluding carboxylic acids is 1. The van der Waals surface area contributed by atoms with Crippen LogP contribution < -0.4 is 5.32 Å². The Balaban J connectivity index is 1.48. The second-order valence-corrected chi connectivity index (χ2v) is 20.7. The molecule has 19 heteroatoms. The first kappa shape index (κ1) is 71.0. The van der Waals surface area contributed by atoms with Crippen molar-refractivity contribution in [1.82, 2.24) is 5.32 Å². The third kappa shape index (κ3) is 27.0. The maximum atomic E-state index is 13.3. The molecule has 0 spiro atoms. The molecular weight excluding hydrogens is 1030 g/mol. The van der Waals surface area contributed by atoms with Crippen LogP contribution in [-0.4, -0.2) is 193 Å². The van der Waals surface area contributed by atoms with E-state index in [1.165, 1.54) is 32.1 Å². The highest BCUT2D eigenvalue weighted by Gasteiger charge is 2.53. The van der Waals surface area contributed by atoms with Crippen LogP contribution in [0.15, 0.2) is 97.2 Å². The van der Waals surface area contributed by atoms with Gasteiger partial charge >= 0.3 is 0 Å². The van der Waals surface area contributed by atoms with Crippen LogP contribution in [0.2, 0.25) is 0 Å². The zero-order valence-electron chi connectivity index (χ0n) is 47.5. The van der Waals surface area contributed by atoms with E-state index < -0.39 is 124 Å². The summed E-state index contributed by atoms with van der Waals surface area (Å²) in [7, 11) is 0. The van der Waals surface area contributed by atoms with Crippen LogP contribution in [0.5, 0.6) is 0 Å². The van der Waals surface area contributed by atoms with Gasteiger partial charge in [0.15, 0.2) is 18.9 Å². The van der Waals surface area contributed by atoms with Gasteiger partial charge in [0.1, 0.15) is 73.2 Å². The fourth-order valence-corrected chi connectivity index (χ4v) is 9.29. The molecule has 3 fully saturated rings. The lowest BCUT2D eigenvalue weighted by atomic mass is 9.96. The first-order chi connectivity index (χ1) is 38.8. The highest BCUT2D eigenvalue weighted by atomic mass is 16.8. The minimum absolute atomic E-state index is 0.196. The number of ether oxygens (including phenoxy) is 6. The molecule has 0 bridgehead atoms. The molecule has 19 nitrogen and oxygen atoms in total. The molecule has 3 aliphatic heterocycles. The van der Waals surface area contributed by atoms with Crippen molar-refractivity contribution in [1.29, 1.82) is 0 Å². The molecule has 0 aromatic rings. The van der Waals surface area contributed by atoms with Gasteiger partial charge in [-0.25, -0.2) is 0 Å². The average Bonchev–Trinajstić information content (AvgIpc) is 3.47. The smallest absolute Gasteiger partial charge is 0.220 e. The van der Waals surface area contributed by atoms with Crippen LogP contribution in [0.4, 0.5) is 0 Å². The van der Waals surface area contributed by atoms with Gasteiger partial charge in [-0.1, -0.05) is 162 Å². The van der Waals surface area contributed by atoms with E-state index in [0.717, 1.165) is 89.9 Å². The predicted molar refractivity (Wildman–Crippen MR) is 304 cm³/mol. The van der Waals surface area contributed by atoms with Gasteiger partial charge in [-0.3, -0.25) is 4.79 Å². The van der Waals surface area contributed by atoms with E-state index >= 15 is 0 Å². The number of rotatable bonds is 41. The molecule has 17 atom stereocenters. The Bertz CT molecular complexity index is 1840. The lowest BCUT2D eigenvalue weighted by Crippen LogP contribution is -2.66. The Hall–Kier alpha value is -3.29. The number of amides is 1. The second-order valence-electron chi connectivity index (χ2n) is 20.7. The zero-order chi connectivity index (χ0) is 58.3. The van der Waals surface area contributed by atoms with Gasteiger partial charge in [0.2, 0.25) is 5.91 Å².